The van der Waals surface area contributed by atoms with E-state index >= 15 is 0 Å². The van der Waals surface area contributed by atoms with Crippen LogP contribution in [0.1, 0.15) is 35.9 Å². The van der Waals surface area contributed by atoms with Gasteiger partial charge in [0.15, 0.2) is 12.4 Å². The number of rotatable bonds is 8. The third-order valence-corrected chi connectivity index (χ3v) is 4.06. The molecule has 0 saturated carbocycles. The van der Waals surface area contributed by atoms with Crippen LogP contribution in [0.3, 0.4) is 0 Å². The number of aromatic nitrogens is 4. The number of carbonyl (C=O) groups is 1. The Balaban J connectivity index is 2.06. The molecule has 0 aliphatic rings. The third kappa shape index (κ3) is 4.28. The second-order valence-electron chi connectivity index (χ2n) is 4.89. The van der Waals surface area contributed by atoms with E-state index in [0.717, 1.165) is 12.8 Å². The standard InChI is InChI=1S/C14H17N5O4S/c1-3-4-7-18-13(15-16-17-18)9-23-14(20)10-5-6-12(24-2)11(8-10)19(21)22/h5-6,8H,3-4,7,9H2,1-2H3. The van der Waals surface area contributed by atoms with Gasteiger partial charge in [0.25, 0.3) is 5.69 Å². The van der Waals surface area contributed by atoms with Crippen LogP contribution >= 0.6 is 11.8 Å². The van der Waals surface area contributed by atoms with Crippen LogP contribution in [0, 0.1) is 10.1 Å². The van der Waals surface area contributed by atoms with Gasteiger partial charge < -0.3 is 4.74 Å². The highest BCUT2D eigenvalue weighted by Gasteiger charge is 2.18. The van der Waals surface area contributed by atoms with E-state index < -0.39 is 10.9 Å². The van der Waals surface area contributed by atoms with Gasteiger partial charge in [0, 0.05) is 12.6 Å². The number of aryl methyl sites for hydroxylation is 1. The van der Waals surface area contributed by atoms with Crippen molar-refractivity contribution in [1.29, 1.82) is 0 Å². The number of carbonyl (C=O) groups excluding carboxylic acids is 1. The minimum absolute atomic E-state index is 0.0897. The molecular formula is C14H17N5O4S. The second kappa shape index (κ2) is 8.39. The Kier molecular flexibility index (Phi) is 6.24. The predicted octanol–water partition coefficient (Wildman–Crippen LogP) is 2.46. The van der Waals surface area contributed by atoms with Gasteiger partial charge in [0.1, 0.15) is 0 Å². The number of nitrogens with zero attached hydrogens (tertiary/aromatic N) is 5. The Morgan fingerprint density at radius 3 is 2.92 bits per heavy atom. The minimum atomic E-state index is -0.657. The largest absolute Gasteiger partial charge is 0.454 e. The number of esters is 1. The van der Waals surface area contributed by atoms with Crippen molar-refractivity contribution in [3.63, 3.8) is 0 Å². The molecular weight excluding hydrogens is 334 g/mol. The highest BCUT2D eigenvalue weighted by atomic mass is 32.2. The summed E-state index contributed by atoms with van der Waals surface area (Å²) < 4.78 is 6.75. The van der Waals surface area contributed by atoms with Crippen LogP contribution in [0.2, 0.25) is 0 Å². The van der Waals surface area contributed by atoms with E-state index in [0.29, 0.717) is 17.3 Å². The van der Waals surface area contributed by atoms with Crippen LogP contribution in [0.15, 0.2) is 23.1 Å². The fourth-order valence-corrected chi connectivity index (χ4v) is 2.53. The number of unbranched alkanes of at least 4 members (excludes halogenated alkanes) is 1. The first kappa shape index (κ1) is 17.9. The Hall–Kier alpha value is -2.49. The van der Waals surface area contributed by atoms with E-state index in [4.69, 9.17) is 4.74 Å². The van der Waals surface area contributed by atoms with Gasteiger partial charge >= 0.3 is 5.97 Å². The van der Waals surface area contributed by atoms with Crippen molar-refractivity contribution in [1.82, 2.24) is 20.2 Å². The quantitative estimate of drug-likeness (QED) is 0.308. The summed E-state index contributed by atoms with van der Waals surface area (Å²) in [4.78, 5) is 23.1. The molecule has 0 amide bonds. The maximum atomic E-state index is 12.1. The van der Waals surface area contributed by atoms with Gasteiger partial charge in [-0.05, 0) is 35.2 Å². The Morgan fingerprint density at radius 2 is 2.25 bits per heavy atom. The number of thioether (sulfide) groups is 1. The van der Waals surface area contributed by atoms with Crippen molar-refractivity contribution in [3.05, 3.63) is 39.7 Å². The van der Waals surface area contributed by atoms with E-state index in [1.54, 1.807) is 10.9 Å². The number of nitro benzene ring substituents is 1. The van der Waals surface area contributed by atoms with Gasteiger partial charge in [-0.2, -0.15) is 0 Å². The van der Waals surface area contributed by atoms with Gasteiger partial charge in [-0.25, -0.2) is 9.48 Å². The fraction of sp³-hybridized carbons (Fsp3) is 0.429. The molecule has 0 N–H and O–H groups in total. The first-order valence-electron chi connectivity index (χ1n) is 7.31. The van der Waals surface area contributed by atoms with Crippen molar-refractivity contribution < 1.29 is 14.5 Å². The van der Waals surface area contributed by atoms with Crippen LogP contribution in [-0.2, 0) is 17.9 Å². The molecule has 0 bridgehead atoms. The average molecular weight is 351 g/mol. The molecule has 0 spiro atoms. The molecule has 24 heavy (non-hydrogen) atoms. The monoisotopic (exact) mass is 351 g/mol. The molecule has 0 unspecified atom stereocenters. The second-order valence-corrected chi connectivity index (χ2v) is 5.74. The van der Waals surface area contributed by atoms with Crippen LogP contribution in [0.4, 0.5) is 5.69 Å². The molecule has 2 aromatic rings. The zero-order valence-electron chi connectivity index (χ0n) is 13.3. The summed E-state index contributed by atoms with van der Waals surface area (Å²) >= 11 is 1.24. The lowest BCUT2D eigenvalue weighted by molar-refractivity contribution is -0.387. The number of tetrazole rings is 1. The van der Waals surface area contributed by atoms with Crippen molar-refractivity contribution in [2.75, 3.05) is 6.26 Å². The van der Waals surface area contributed by atoms with E-state index in [-0.39, 0.29) is 17.9 Å². The third-order valence-electron chi connectivity index (χ3n) is 3.27. The lowest BCUT2D eigenvalue weighted by atomic mass is 10.2. The molecule has 0 radical (unpaired) electrons. The highest BCUT2D eigenvalue weighted by Crippen LogP contribution is 2.28. The molecule has 1 aromatic carbocycles. The number of nitro groups is 1. The van der Waals surface area contributed by atoms with Gasteiger partial charge in [0.2, 0.25) is 0 Å². The summed E-state index contributed by atoms with van der Waals surface area (Å²) in [5.41, 5.74) is -0.00295. The summed E-state index contributed by atoms with van der Waals surface area (Å²) in [6, 6.07) is 4.25. The lowest BCUT2D eigenvalue weighted by Crippen LogP contribution is -2.11. The normalized spacial score (nSPS) is 10.6. The molecule has 2 rings (SSSR count). The lowest BCUT2D eigenvalue weighted by Gasteiger charge is -2.06. The van der Waals surface area contributed by atoms with Crippen molar-refractivity contribution in [2.45, 2.75) is 37.8 Å². The summed E-state index contributed by atoms with van der Waals surface area (Å²) in [5, 5.41) is 22.3. The predicted molar refractivity (Wildman–Crippen MR) is 86.7 cm³/mol. The number of hydrogen-bond acceptors (Lipinski definition) is 8. The average Bonchev–Trinajstić information content (AvgIpc) is 3.04. The number of hydrogen-bond donors (Lipinski definition) is 0. The van der Waals surface area contributed by atoms with E-state index in [2.05, 4.69) is 22.4 Å². The summed E-state index contributed by atoms with van der Waals surface area (Å²) in [6.07, 6.45) is 3.63. The molecule has 0 saturated heterocycles. The van der Waals surface area contributed by atoms with Crippen LogP contribution < -0.4 is 0 Å². The Labute approximate surface area is 142 Å². The molecule has 10 heteroatoms. The summed E-state index contributed by atoms with van der Waals surface area (Å²) in [6.45, 7) is 2.60. The molecule has 1 aromatic heterocycles. The molecule has 0 fully saturated rings. The number of ether oxygens (including phenoxy) is 1. The minimum Gasteiger partial charge on any atom is -0.454 e. The highest BCUT2D eigenvalue weighted by molar-refractivity contribution is 7.98. The Morgan fingerprint density at radius 1 is 1.46 bits per heavy atom. The van der Waals surface area contributed by atoms with Gasteiger partial charge in [-0.15, -0.1) is 16.9 Å². The molecule has 128 valence electrons. The maximum absolute atomic E-state index is 12.1. The van der Waals surface area contributed by atoms with Crippen LogP contribution in [0.5, 0.6) is 0 Å². The van der Waals surface area contributed by atoms with Crippen LogP contribution in [-0.4, -0.2) is 37.4 Å². The zero-order chi connectivity index (χ0) is 17.5. The van der Waals surface area contributed by atoms with Gasteiger partial charge in [0.05, 0.1) is 15.4 Å². The molecule has 0 atom stereocenters. The fourth-order valence-electron chi connectivity index (χ4n) is 1.98. The van der Waals surface area contributed by atoms with E-state index in [9.17, 15) is 14.9 Å². The van der Waals surface area contributed by atoms with Gasteiger partial charge in [-0.3, -0.25) is 10.1 Å². The summed E-state index contributed by atoms with van der Waals surface area (Å²) in [5.74, 6) is -0.220. The Bertz CT molecular complexity index is 734. The smallest absolute Gasteiger partial charge is 0.338 e. The molecule has 9 nitrogen and oxygen atoms in total. The maximum Gasteiger partial charge on any atom is 0.338 e. The molecule has 0 aliphatic heterocycles. The van der Waals surface area contributed by atoms with Crippen LogP contribution in [0.25, 0.3) is 0 Å². The van der Waals surface area contributed by atoms with E-state index in [1.807, 2.05) is 0 Å². The summed E-state index contributed by atoms with van der Waals surface area (Å²) in [7, 11) is 0. The zero-order valence-corrected chi connectivity index (χ0v) is 14.2. The first-order chi connectivity index (χ1) is 11.6. The van der Waals surface area contributed by atoms with Crippen molar-refractivity contribution in [3.8, 4) is 0 Å². The first-order valence-corrected chi connectivity index (χ1v) is 8.53. The molecule has 1 heterocycles. The van der Waals surface area contributed by atoms with Crippen molar-refractivity contribution in [2.24, 2.45) is 0 Å². The van der Waals surface area contributed by atoms with Gasteiger partial charge in [-0.1, -0.05) is 13.3 Å². The topological polar surface area (TPSA) is 113 Å². The molecule has 0 aliphatic carbocycles. The van der Waals surface area contributed by atoms with E-state index in [1.165, 1.54) is 30.0 Å². The van der Waals surface area contributed by atoms with Crippen molar-refractivity contribution >= 4 is 23.4 Å². The number of benzene rings is 1. The SMILES string of the molecule is CCCCn1nnnc1COC(=O)c1ccc(SC)c([N+](=O)[O-])c1.